The minimum absolute atomic E-state index is 0.261. The molecule has 0 aliphatic rings. The molecule has 1 aromatic carbocycles. The van der Waals surface area contributed by atoms with Crippen LogP contribution < -0.4 is 0 Å². The number of alkyl halides is 1. The predicted molar refractivity (Wildman–Crippen MR) is 91.4 cm³/mol. The smallest absolute Gasteiger partial charge is 0.0666 e. The highest BCUT2D eigenvalue weighted by Gasteiger charge is 2.17. The summed E-state index contributed by atoms with van der Waals surface area (Å²) in [6, 6.07) is 8.71. The standard InChI is InChI=1S/C13H11Br2IS/c1-7-5-10(8(2)17-7)13(15)11-6-9(16)3-4-12(11)14/h3-6,13H,1-2H3. The Labute approximate surface area is 136 Å². The second-order valence-electron chi connectivity index (χ2n) is 3.90. The predicted octanol–water partition coefficient (Wildman–Crippen LogP) is 6.22. The first-order valence-corrected chi connectivity index (χ1v) is 8.75. The summed E-state index contributed by atoms with van der Waals surface area (Å²) in [5, 5.41) is 0. The average molecular weight is 486 g/mol. The molecular weight excluding hydrogens is 475 g/mol. The van der Waals surface area contributed by atoms with Gasteiger partial charge in [0.2, 0.25) is 0 Å². The highest BCUT2D eigenvalue weighted by Crippen LogP contribution is 2.39. The molecule has 0 radical (unpaired) electrons. The van der Waals surface area contributed by atoms with Gasteiger partial charge in [-0.3, -0.25) is 0 Å². The molecule has 4 heteroatoms. The third-order valence-electron chi connectivity index (χ3n) is 2.58. The lowest BCUT2D eigenvalue weighted by atomic mass is 10.1. The molecule has 0 saturated heterocycles. The van der Waals surface area contributed by atoms with Gasteiger partial charge in [-0.2, -0.15) is 0 Å². The molecule has 1 heterocycles. The van der Waals surface area contributed by atoms with Crippen LogP contribution in [0.25, 0.3) is 0 Å². The fourth-order valence-electron chi connectivity index (χ4n) is 1.78. The second kappa shape index (κ2) is 5.72. The number of rotatable bonds is 2. The van der Waals surface area contributed by atoms with Gasteiger partial charge in [0.25, 0.3) is 0 Å². The van der Waals surface area contributed by atoms with Crippen LogP contribution in [0, 0.1) is 17.4 Å². The summed E-state index contributed by atoms with van der Waals surface area (Å²) in [5.74, 6) is 0. The summed E-state index contributed by atoms with van der Waals surface area (Å²) in [7, 11) is 0. The molecular formula is C13H11Br2IS. The molecule has 17 heavy (non-hydrogen) atoms. The van der Waals surface area contributed by atoms with E-state index in [1.165, 1.54) is 24.5 Å². The van der Waals surface area contributed by atoms with Gasteiger partial charge in [0.05, 0.1) is 4.83 Å². The first-order chi connectivity index (χ1) is 7.99. The van der Waals surface area contributed by atoms with Gasteiger partial charge in [-0.1, -0.05) is 31.9 Å². The van der Waals surface area contributed by atoms with E-state index in [0.717, 1.165) is 4.47 Å². The maximum Gasteiger partial charge on any atom is 0.0666 e. The Morgan fingerprint density at radius 1 is 1.18 bits per heavy atom. The summed E-state index contributed by atoms with van der Waals surface area (Å²) >= 11 is 11.7. The van der Waals surface area contributed by atoms with Crippen LogP contribution in [0.2, 0.25) is 0 Å². The minimum atomic E-state index is 0.261. The van der Waals surface area contributed by atoms with Crippen molar-refractivity contribution in [3.63, 3.8) is 0 Å². The summed E-state index contributed by atoms with van der Waals surface area (Å²) in [6.45, 7) is 4.34. The van der Waals surface area contributed by atoms with Crippen LogP contribution in [0.3, 0.4) is 0 Å². The monoisotopic (exact) mass is 484 g/mol. The van der Waals surface area contributed by atoms with E-state index in [9.17, 15) is 0 Å². The number of hydrogen-bond donors (Lipinski definition) is 0. The lowest BCUT2D eigenvalue weighted by Crippen LogP contribution is -1.94. The molecule has 0 bridgehead atoms. The van der Waals surface area contributed by atoms with E-state index in [1.54, 1.807) is 0 Å². The van der Waals surface area contributed by atoms with E-state index in [1.807, 2.05) is 11.3 Å². The molecule has 0 aliphatic heterocycles. The zero-order valence-corrected chi connectivity index (χ0v) is 15.6. The zero-order chi connectivity index (χ0) is 12.6. The normalized spacial score (nSPS) is 12.8. The number of benzene rings is 1. The molecule has 90 valence electrons. The third-order valence-corrected chi connectivity index (χ3v) is 5.94. The summed E-state index contributed by atoms with van der Waals surface area (Å²) in [6.07, 6.45) is 0. The van der Waals surface area contributed by atoms with Gasteiger partial charge in [-0.05, 0) is 71.8 Å². The fourth-order valence-corrected chi connectivity index (χ4v) is 5.05. The molecule has 1 unspecified atom stereocenters. The van der Waals surface area contributed by atoms with Gasteiger partial charge < -0.3 is 0 Å². The van der Waals surface area contributed by atoms with E-state index in [0.29, 0.717) is 0 Å². The van der Waals surface area contributed by atoms with E-state index < -0.39 is 0 Å². The zero-order valence-electron chi connectivity index (χ0n) is 9.43. The molecule has 2 rings (SSSR count). The van der Waals surface area contributed by atoms with E-state index >= 15 is 0 Å². The molecule has 0 amide bonds. The van der Waals surface area contributed by atoms with E-state index in [2.05, 4.69) is 92.6 Å². The third kappa shape index (κ3) is 3.14. The van der Waals surface area contributed by atoms with Gasteiger partial charge in [-0.25, -0.2) is 0 Å². The minimum Gasteiger partial charge on any atom is -0.146 e. The maximum absolute atomic E-state index is 3.82. The Hall–Kier alpha value is 0.610. The van der Waals surface area contributed by atoms with Crippen molar-refractivity contribution in [3.05, 3.63) is 53.2 Å². The summed E-state index contributed by atoms with van der Waals surface area (Å²) in [5.41, 5.74) is 2.66. The van der Waals surface area contributed by atoms with Crippen molar-refractivity contribution in [1.82, 2.24) is 0 Å². The van der Waals surface area contributed by atoms with Crippen molar-refractivity contribution < 1.29 is 0 Å². The van der Waals surface area contributed by atoms with Crippen molar-refractivity contribution in [2.75, 3.05) is 0 Å². The fraction of sp³-hybridized carbons (Fsp3) is 0.231. The van der Waals surface area contributed by atoms with Gasteiger partial charge in [-0.15, -0.1) is 11.3 Å². The molecule has 1 atom stereocenters. The van der Waals surface area contributed by atoms with Crippen LogP contribution in [-0.2, 0) is 0 Å². The molecule has 0 nitrogen and oxygen atoms in total. The largest absolute Gasteiger partial charge is 0.146 e. The summed E-state index contributed by atoms with van der Waals surface area (Å²) < 4.78 is 2.41. The topological polar surface area (TPSA) is 0 Å². The number of thiophene rings is 1. The van der Waals surface area contributed by atoms with Crippen LogP contribution >= 0.6 is 65.8 Å². The molecule has 0 saturated carbocycles. The van der Waals surface area contributed by atoms with Crippen LogP contribution in [0.5, 0.6) is 0 Å². The molecule has 0 spiro atoms. The Morgan fingerprint density at radius 3 is 2.47 bits per heavy atom. The SMILES string of the molecule is Cc1cc(C(Br)c2cc(I)ccc2Br)c(C)s1. The van der Waals surface area contributed by atoms with Crippen LogP contribution in [0.1, 0.15) is 25.7 Å². The van der Waals surface area contributed by atoms with Gasteiger partial charge in [0, 0.05) is 17.8 Å². The highest BCUT2D eigenvalue weighted by atomic mass is 127. The lowest BCUT2D eigenvalue weighted by Gasteiger charge is -2.12. The first kappa shape index (κ1) is 14.0. The Kier molecular flexibility index (Phi) is 4.72. The van der Waals surface area contributed by atoms with Gasteiger partial charge in [0.15, 0.2) is 0 Å². The Morgan fingerprint density at radius 2 is 1.88 bits per heavy atom. The van der Waals surface area contributed by atoms with Crippen LogP contribution in [0.4, 0.5) is 0 Å². The molecule has 0 aliphatic carbocycles. The Bertz CT molecular complexity index is 548. The number of halogens is 3. The van der Waals surface area contributed by atoms with Gasteiger partial charge in [0.1, 0.15) is 0 Å². The van der Waals surface area contributed by atoms with Crippen LogP contribution in [-0.4, -0.2) is 0 Å². The summed E-state index contributed by atoms with van der Waals surface area (Å²) in [4.78, 5) is 3.01. The van der Waals surface area contributed by atoms with Crippen LogP contribution in [0.15, 0.2) is 28.7 Å². The quantitative estimate of drug-likeness (QED) is 0.350. The molecule has 0 N–H and O–H groups in total. The maximum atomic E-state index is 3.82. The van der Waals surface area contributed by atoms with E-state index in [-0.39, 0.29) is 4.83 Å². The molecule has 1 aromatic heterocycles. The number of hydrogen-bond acceptors (Lipinski definition) is 1. The van der Waals surface area contributed by atoms with Crippen molar-refractivity contribution in [2.45, 2.75) is 18.7 Å². The number of aryl methyl sites for hydroxylation is 2. The second-order valence-corrected chi connectivity index (χ2v) is 8.37. The van der Waals surface area contributed by atoms with Gasteiger partial charge >= 0.3 is 0 Å². The lowest BCUT2D eigenvalue weighted by molar-refractivity contribution is 1.15. The van der Waals surface area contributed by atoms with E-state index in [4.69, 9.17) is 0 Å². The Balaban J connectivity index is 2.46. The highest BCUT2D eigenvalue weighted by molar-refractivity contribution is 14.1. The molecule has 0 fully saturated rings. The van der Waals surface area contributed by atoms with Crippen molar-refractivity contribution in [2.24, 2.45) is 0 Å². The van der Waals surface area contributed by atoms with Crippen molar-refractivity contribution in [1.29, 1.82) is 0 Å². The first-order valence-electron chi connectivity index (χ1n) is 5.15. The average Bonchev–Trinajstić information content (AvgIpc) is 2.60. The molecule has 2 aromatic rings. The van der Waals surface area contributed by atoms with Crippen molar-refractivity contribution >= 4 is 65.8 Å². The van der Waals surface area contributed by atoms with Crippen molar-refractivity contribution in [3.8, 4) is 0 Å².